The van der Waals surface area contributed by atoms with E-state index in [1.807, 2.05) is 0 Å². The van der Waals surface area contributed by atoms with Crippen LogP contribution in [-0.4, -0.2) is 0 Å². The van der Waals surface area contributed by atoms with Gasteiger partial charge in [-0.3, -0.25) is 0 Å². The first kappa shape index (κ1) is 13.1. The third kappa shape index (κ3) is 1.72. The van der Waals surface area contributed by atoms with E-state index in [0.29, 0.717) is 0 Å². The van der Waals surface area contributed by atoms with E-state index >= 15 is 0 Å². The summed E-state index contributed by atoms with van der Waals surface area (Å²) in [6.07, 6.45) is 2.18. The minimum absolute atomic E-state index is 1.08. The fraction of sp³-hybridized carbons (Fsp3) is 0.217. The Balaban J connectivity index is 1.81. The molecule has 3 aromatic carbocycles. The van der Waals surface area contributed by atoms with Crippen molar-refractivity contribution in [1.82, 2.24) is 0 Å². The van der Waals surface area contributed by atoms with Gasteiger partial charge in [0.2, 0.25) is 0 Å². The molecule has 0 fully saturated rings. The number of aryl methyl sites for hydroxylation is 3. The molecule has 0 saturated heterocycles. The SMILES string of the molecule is Cc1ccc2c(c1)-c1ccc3c(c1C2)-c1cc(C)cc(C)c1C3. The Morgan fingerprint density at radius 1 is 0.609 bits per heavy atom. The highest BCUT2D eigenvalue weighted by atomic mass is 14.3. The summed E-state index contributed by atoms with van der Waals surface area (Å²) in [5, 5.41) is 0. The van der Waals surface area contributed by atoms with E-state index in [2.05, 4.69) is 63.2 Å². The van der Waals surface area contributed by atoms with E-state index in [9.17, 15) is 0 Å². The van der Waals surface area contributed by atoms with E-state index in [-0.39, 0.29) is 0 Å². The monoisotopic (exact) mass is 296 g/mol. The molecule has 0 bridgehead atoms. The van der Waals surface area contributed by atoms with Crippen LogP contribution in [0.2, 0.25) is 0 Å². The van der Waals surface area contributed by atoms with Crippen LogP contribution in [-0.2, 0) is 12.8 Å². The molecule has 0 unspecified atom stereocenters. The summed E-state index contributed by atoms with van der Waals surface area (Å²) < 4.78 is 0. The summed E-state index contributed by atoms with van der Waals surface area (Å²) in [4.78, 5) is 0. The maximum Gasteiger partial charge on any atom is -0.000718 e. The zero-order valence-electron chi connectivity index (χ0n) is 14.0. The van der Waals surface area contributed by atoms with Crippen molar-refractivity contribution < 1.29 is 0 Å². The molecular formula is C23H20. The molecule has 2 aliphatic rings. The third-order valence-corrected chi connectivity index (χ3v) is 5.58. The van der Waals surface area contributed by atoms with Gasteiger partial charge in [0.1, 0.15) is 0 Å². The van der Waals surface area contributed by atoms with Gasteiger partial charge in [0.15, 0.2) is 0 Å². The van der Waals surface area contributed by atoms with E-state index in [0.717, 1.165) is 12.8 Å². The van der Waals surface area contributed by atoms with Crippen LogP contribution in [0.15, 0.2) is 42.5 Å². The van der Waals surface area contributed by atoms with Gasteiger partial charge in [-0.2, -0.15) is 0 Å². The van der Waals surface area contributed by atoms with Crippen LogP contribution < -0.4 is 0 Å². The normalized spacial score (nSPS) is 13.5. The van der Waals surface area contributed by atoms with Crippen molar-refractivity contribution in [3.8, 4) is 22.3 Å². The van der Waals surface area contributed by atoms with Crippen molar-refractivity contribution in [2.24, 2.45) is 0 Å². The molecule has 0 N–H and O–H groups in total. The molecule has 3 aromatic rings. The first-order valence-electron chi connectivity index (χ1n) is 8.47. The lowest BCUT2D eigenvalue weighted by Gasteiger charge is -2.10. The first-order chi connectivity index (χ1) is 11.1. The molecule has 0 heterocycles. The molecule has 2 aliphatic carbocycles. The molecule has 23 heavy (non-hydrogen) atoms. The van der Waals surface area contributed by atoms with Crippen molar-refractivity contribution in [2.45, 2.75) is 33.6 Å². The Labute approximate surface area is 137 Å². The van der Waals surface area contributed by atoms with E-state index < -0.39 is 0 Å². The number of benzene rings is 3. The fourth-order valence-electron chi connectivity index (χ4n) is 4.55. The van der Waals surface area contributed by atoms with Gasteiger partial charge in [-0.15, -0.1) is 0 Å². The van der Waals surface area contributed by atoms with Gasteiger partial charge < -0.3 is 0 Å². The first-order valence-corrected chi connectivity index (χ1v) is 8.47. The third-order valence-electron chi connectivity index (χ3n) is 5.58. The van der Waals surface area contributed by atoms with Gasteiger partial charge in [0.25, 0.3) is 0 Å². The highest BCUT2D eigenvalue weighted by molar-refractivity contribution is 5.90. The lowest BCUT2D eigenvalue weighted by molar-refractivity contribution is 1.20. The Kier molecular flexibility index (Phi) is 2.48. The van der Waals surface area contributed by atoms with Crippen molar-refractivity contribution in [3.05, 3.63) is 81.4 Å². The highest BCUT2D eigenvalue weighted by Gasteiger charge is 2.28. The number of hydrogen-bond acceptors (Lipinski definition) is 0. The Morgan fingerprint density at radius 2 is 1.35 bits per heavy atom. The molecule has 0 nitrogen and oxygen atoms in total. The van der Waals surface area contributed by atoms with E-state index in [1.54, 1.807) is 5.56 Å². The smallest absolute Gasteiger partial charge is 0.000718 e. The van der Waals surface area contributed by atoms with Crippen LogP contribution in [0.25, 0.3) is 22.3 Å². The molecule has 5 rings (SSSR count). The molecule has 0 heteroatoms. The molecule has 0 spiro atoms. The van der Waals surface area contributed by atoms with Crippen LogP contribution in [0.5, 0.6) is 0 Å². The van der Waals surface area contributed by atoms with Gasteiger partial charge in [-0.05, 0) is 83.7 Å². The summed E-state index contributed by atoms with van der Waals surface area (Å²) in [5.74, 6) is 0. The minimum Gasteiger partial charge on any atom is -0.0590 e. The van der Waals surface area contributed by atoms with Crippen LogP contribution in [0.4, 0.5) is 0 Å². The number of rotatable bonds is 0. The molecule has 112 valence electrons. The van der Waals surface area contributed by atoms with Gasteiger partial charge in [0.05, 0.1) is 0 Å². The zero-order valence-corrected chi connectivity index (χ0v) is 14.0. The second-order valence-electron chi connectivity index (χ2n) is 7.25. The average molecular weight is 296 g/mol. The molecule has 0 amide bonds. The predicted octanol–water partition coefficient (Wildman–Crippen LogP) is 5.75. The standard InChI is InChI=1S/C23H20/c1-13-4-5-16-11-22-18(20(16)9-13)7-6-17-12-19-15(3)8-14(2)10-21(19)23(17)22/h4-10H,11-12H2,1-3H3. The second-order valence-corrected chi connectivity index (χ2v) is 7.25. The van der Waals surface area contributed by atoms with E-state index in [4.69, 9.17) is 0 Å². The van der Waals surface area contributed by atoms with Gasteiger partial charge in [0, 0.05) is 0 Å². The quantitative estimate of drug-likeness (QED) is 0.341. The topological polar surface area (TPSA) is 0 Å². The maximum absolute atomic E-state index is 2.39. The zero-order chi connectivity index (χ0) is 15.7. The molecule has 0 saturated carbocycles. The summed E-state index contributed by atoms with van der Waals surface area (Å²) >= 11 is 0. The number of fused-ring (bicyclic) bond motifs is 7. The van der Waals surface area contributed by atoms with E-state index in [1.165, 1.54) is 55.6 Å². The number of hydrogen-bond donors (Lipinski definition) is 0. The molecule has 0 radical (unpaired) electrons. The van der Waals surface area contributed by atoms with Crippen molar-refractivity contribution in [3.63, 3.8) is 0 Å². The Morgan fingerprint density at radius 3 is 2.22 bits per heavy atom. The van der Waals surface area contributed by atoms with Crippen LogP contribution in [0.1, 0.15) is 38.9 Å². The summed E-state index contributed by atoms with van der Waals surface area (Å²) in [5.41, 5.74) is 16.2. The maximum atomic E-state index is 2.39. The minimum atomic E-state index is 1.08. The van der Waals surface area contributed by atoms with Gasteiger partial charge >= 0.3 is 0 Å². The Bertz CT molecular complexity index is 989. The van der Waals surface area contributed by atoms with Crippen LogP contribution in [0.3, 0.4) is 0 Å². The van der Waals surface area contributed by atoms with Crippen molar-refractivity contribution >= 4 is 0 Å². The fourth-order valence-corrected chi connectivity index (χ4v) is 4.55. The van der Waals surface area contributed by atoms with Gasteiger partial charge in [-0.25, -0.2) is 0 Å². The van der Waals surface area contributed by atoms with Gasteiger partial charge in [-0.1, -0.05) is 53.6 Å². The Hall–Kier alpha value is -2.34. The summed E-state index contributed by atoms with van der Waals surface area (Å²) in [7, 11) is 0. The second kappa shape index (κ2) is 4.35. The highest BCUT2D eigenvalue weighted by Crippen LogP contribution is 2.48. The summed E-state index contributed by atoms with van der Waals surface area (Å²) in [6, 6.07) is 16.3. The predicted molar refractivity (Wildman–Crippen MR) is 97.1 cm³/mol. The van der Waals surface area contributed by atoms with Crippen molar-refractivity contribution in [2.75, 3.05) is 0 Å². The molecule has 0 aliphatic heterocycles. The average Bonchev–Trinajstić information content (AvgIpc) is 3.05. The largest absolute Gasteiger partial charge is 0.0590 e. The molecule has 0 aromatic heterocycles. The molecular weight excluding hydrogens is 276 g/mol. The summed E-state index contributed by atoms with van der Waals surface area (Å²) in [6.45, 7) is 6.66. The lowest BCUT2D eigenvalue weighted by Crippen LogP contribution is -1.89. The van der Waals surface area contributed by atoms with Crippen molar-refractivity contribution in [1.29, 1.82) is 0 Å². The van der Waals surface area contributed by atoms with Crippen LogP contribution >= 0.6 is 0 Å². The lowest BCUT2D eigenvalue weighted by atomic mass is 9.93. The molecule has 0 atom stereocenters. The van der Waals surface area contributed by atoms with Crippen LogP contribution in [0, 0.1) is 20.8 Å².